The number of carbonyl (C=O) groups excluding carboxylic acids is 1. The first-order valence-corrected chi connectivity index (χ1v) is 9.60. The molecule has 1 aliphatic carbocycles. The van der Waals surface area contributed by atoms with E-state index < -0.39 is 0 Å². The number of nitrogens with one attached hydrogen (secondary N) is 1. The van der Waals surface area contributed by atoms with Gasteiger partial charge in [-0.1, -0.05) is 12.8 Å². The van der Waals surface area contributed by atoms with E-state index >= 15 is 0 Å². The Morgan fingerprint density at radius 1 is 1.36 bits per heavy atom. The topological polar surface area (TPSA) is 59.4 Å². The Morgan fingerprint density at radius 2 is 2.08 bits per heavy atom. The molecule has 2 heterocycles. The smallest absolute Gasteiger partial charge is 0.239 e. The Kier molecular flexibility index (Phi) is 5.79. The van der Waals surface area contributed by atoms with Crippen LogP contribution in [0, 0.1) is 13.8 Å². The molecule has 3 rings (SSSR count). The van der Waals surface area contributed by atoms with E-state index in [4.69, 9.17) is 4.74 Å². The lowest BCUT2D eigenvalue weighted by atomic mass is 10.0. The lowest BCUT2D eigenvalue weighted by Gasteiger charge is -2.39. The molecule has 2 fully saturated rings. The standard InChI is InChI=1S/C19H32N4O2/c1-13(11-17-14(2)21-22(4)15(17)3)20-19(24)18-12-25-10-9-23(18)16-7-5-6-8-16/h13,16,18H,5-12H2,1-4H3,(H,20,24)/t13-,18+/m1/s1. The summed E-state index contributed by atoms with van der Waals surface area (Å²) in [5.41, 5.74) is 3.46. The predicted octanol–water partition coefficient (Wildman–Crippen LogP) is 1.73. The molecule has 1 amide bonds. The van der Waals surface area contributed by atoms with Gasteiger partial charge in [0.05, 0.1) is 18.9 Å². The van der Waals surface area contributed by atoms with Crippen molar-refractivity contribution in [1.82, 2.24) is 20.0 Å². The average Bonchev–Trinajstić information content (AvgIpc) is 3.20. The van der Waals surface area contributed by atoms with Crippen LogP contribution in [0.15, 0.2) is 0 Å². The molecule has 0 unspecified atom stereocenters. The number of rotatable bonds is 5. The second-order valence-corrected chi connectivity index (χ2v) is 7.65. The largest absolute Gasteiger partial charge is 0.378 e. The molecule has 2 atom stereocenters. The van der Waals surface area contributed by atoms with Gasteiger partial charge in [0.2, 0.25) is 5.91 Å². The molecule has 0 aromatic carbocycles. The van der Waals surface area contributed by atoms with Crippen LogP contribution < -0.4 is 5.32 Å². The van der Waals surface area contributed by atoms with Crippen LogP contribution in [-0.2, 0) is 23.0 Å². The summed E-state index contributed by atoms with van der Waals surface area (Å²) in [5.74, 6) is 0.110. The van der Waals surface area contributed by atoms with E-state index in [9.17, 15) is 4.79 Å². The van der Waals surface area contributed by atoms with Crippen molar-refractivity contribution in [1.29, 1.82) is 0 Å². The average molecular weight is 348 g/mol. The summed E-state index contributed by atoms with van der Waals surface area (Å²) < 4.78 is 7.53. The Labute approximate surface area is 150 Å². The lowest BCUT2D eigenvalue weighted by Crippen LogP contribution is -2.57. The van der Waals surface area contributed by atoms with Gasteiger partial charge in [-0.2, -0.15) is 5.10 Å². The number of aryl methyl sites for hydroxylation is 2. The molecule has 1 saturated heterocycles. The number of hydrogen-bond acceptors (Lipinski definition) is 4. The van der Waals surface area contributed by atoms with Crippen molar-refractivity contribution in [3.63, 3.8) is 0 Å². The Hall–Kier alpha value is -1.40. The highest BCUT2D eigenvalue weighted by molar-refractivity contribution is 5.82. The molecular weight excluding hydrogens is 316 g/mol. The van der Waals surface area contributed by atoms with Crippen LogP contribution in [0.25, 0.3) is 0 Å². The van der Waals surface area contributed by atoms with E-state index in [1.165, 1.54) is 36.9 Å². The summed E-state index contributed by atoms with van der Waals surface area (Å²) in [4.78, 5) is 15.3. The van der Waals surface area contributed by atoms with Crippen LogP contribution in [-0.4, -0.2) is 58.5 Å². The highest BCUT2D eigenvalue weighted by Gasteiger charge is 2.35. The molecule has 25 heavy (non-hydrogen) atoms. The normalized spacial score (nSPS) is 23.8. The molecule has 1 N–H and O–H groups in total. The van der Waals surface area contributed by atoms with Gasteiger partial charge >= 0.3 is 0 Å². The predicted molar refractivity (Wildman–Crippen MR) is 97.6 cm³/mol. The molecule has 1 saturated carbocycles. The van der Waals surface area contributed by atoms with E-state index in [0.29, 0.717) is 12.6 Å². The van der Waals surface area contributed by atoms with Gasteiger partial charge in [-0.3, -0.25) is 14.4 Å². The van der Waals surface area contributed by atoms with Gasteiger partial charge in [0.15, 0.2) is 0 Å². The highest BCUT2D eigenvalue weighted by Crippen LogP contribution is 2.26. The molecule has 0 radical (unpaired) electrons. The number of nitrogens with zero attached hydrogens (tertiary/aromatic N) is 3. The van der Waals surface area contributed by atoms with Crippen LogP contribution in [0.2, 0.25) is 0 Å². The summed E-state index contributed by atoms with van der Waals surface area (Å²) >= 11 is 0. The summed E-state index contributed by atoms with van der Waals surface area (Å²) in [6, 6.07) is 0.495. The second kappa shape index (κ2) is 7.87. The Balaban J connectivity index is 1.61. The molecular formula is C19H32N4O2. The third-order valence-electron chi connectivity index (χ3n) is 5.82. The number of ether oxygens (including phenoxy) is 1. The molecule has 0 bridgehead atoms. The van der Waals surface area contributed by atoms with Crippen molar-refractivity contribution >= 4 is 5.91 Å². The monoisotopic (exact) mass is 348 g/mol. The molecule has 6 heteroatoms. The van der Waals surface area contributed by atoms with Gasteiger partial charge in [0.25, 0.3) is 0 Å². The van der Waals surface area contributed by atoms with Gasteiger partial charge in [0.1, 0.15) is 6.04 Å². The Bertz CT molecular complexity index is 607. The van der Waals surface area contributed by atoms with E-state index in [-0.39, 0.29) is 18.0 Å². The van der Waals surface area contributed by atoms with E-state index in [2.05, 4.69) is 29.2 Å². The molecule has 1 aromatic rings. The zero-order chi connectivity index (χ0) is 18.0. The van der Waals surface area contributed by atoms with Gasteiger partial charge < -0.3 is 10.1 Å². The summed E-state index contributed by atoms with van der Waals surface area (Å²) in [6.07, 6.45) is 5.81. The maximum absolute atomic E-state index is 12.9. The zero-order valence-electron chi connectivity index (χ0n) is 16.0. The van der Waals surface area contributed by atoms with Crippen LogP contribution in [0.1, 0.15) is 49.6 Å². The fourth-order valence-corrected chi connectivity index (χ4v) is 4.32. The minimum Gasteiger partial charge on any atom is -0.378 e. The molecule has 0 spiro atoms. The fourth-order valence-electron chi connectivity index (χ4n) is 4.32. The summed E-state index contributed by atoms with van der Waals surface area (Å²) in [7, 11) is 1.97. The fraction of sp³-hybridized carbons (Fsp3) is 0.789. The molecule has 6 nitrogen and oxygen atoms in total. The SMILES string of the molecule is Cc1nn(C)c(C)c1C[C@@H](C)NC(=O)[C@@H]1COCCN1C1CCCC1. The number of amides is 1. The summed E-state index contributed by atoms with van der Waals surface area (Å²) in [5, 5.41) is 7.69. The minimum absolute atomic E-state index is 0.0847. The van der Waals surface area contributed by atoms with Crippen LogP contribution >= 0.6 is 0 Å². The molecule has 1 aliphatic heterocycles. The maximum atomic E-state index is 12.9. The van der Waals surface area contributed by atoms with E-state index in [1.807, 2.05) is 18.7 Å². The second-order valence-electron chi connectivity index (χ2n) is 7.65. The van der Waals surface area contributed by atoms with Gasteiger partial charge in [-0.05, 0) is 45.6 Å². The summed E-state index contributed by atoms with van der Waals surface area (Å²) in [6.45, 7) is 8.32. The number of aromatic nitrogens is 2. The van der Waals surface area contributed by atoms with Crippen molar-refractivity contribution in [3.8, 4) is 0 Å². The van der Waals surface area contributed by atoms with E-state index in [0.717, 1.165) is 25.3 Å². The number of carbonyl (C=O) groups is 1. The van der Waals surface area contributed by atoms with Gasteiger partial charge in [0, 0.05) is 31.4 Å². The first-order valence-electron chi connectivity index (χ1n) is 9.60. The minimum atomic E-state index is -0.143. The lowest BCUT2D eigenvalue weighted by molar-refractivity contribution is -0.135. The molecule has 140 valence electrons. The molecule has 2 aliphatic rings. The van der Waals surface area contributed by atoms with Crippen LogP contribution in [0.3, 0.4) is 0 Å². The Morgan fingerprint density at radius 3 is 2.72 bits per heavy atom. The first-order chi connectivity index (χ1) is 12.0. The number of morpholine rings is 1. The van der Waals surface area contributed by atoms with E-state index in [1.54, 1.807) is 0 Å². The molecule has 1 aromatic heterocycles. The maximum Gasteiger partial charge on any atom is 0.239 e. The quantitative estimate of drug-likeness (QED) is 0.880. The highest BCUT2D eigenvalue weighted by atomic mass is 16.5. The first kappa shape index (κ1) is 18.4. The van der Waals surface area contributed by atoms with Crippen molar-refractivity contribution < 1.29 is 9.53 Å². The van der Waals surface area contributed by atoms with Crippen molar-refractivity contribution in [2.75, 3.05) is 19.8 Å². The zero-order valence-corrected chi connectivity index (χ0v) is 16.0. The van der Waals surface area contributed by atoms with Crippen molar-refractivity contribution in [3.05, 3.63) is 17.0 Å². The number of hydrogen-bond donors (Lipinski definition) is 1. The van der Waals surface area contributed by atoms with Gasteiger partial charge in [-0.15, -0.1) is 0 Å². The third kappa shape index (κ3) is 4.06. The van der Waals surface area contributed by atoms with Crippen LogP contribution in [0.4, 0.5) is 0 Å². The van der Waals surface area contributed by atoms with Crippen molar-refractivity contribution in [2.24, 2.45) is 7.05 Å². The van der Waals surface area contributed by atoms with Crippen molar-refractivity contribution in [2.45, 2.75) is 71.0 Å². The third-order valence-corrected chi connectivity index (χ3v) is 5.82. The van der Waals surface area contributed by atoms with Crippen LogP contribution in [0.5, 0.6) is 0 Å². The van der Waals surface area contributed by atoms with Gasteiger partial charge in [-0.25, -0.2) is 0 Å².